The van der Waals surface area contributed by atoms with Crippen molar-refractivity contribution >= 4 is 16.8 Å². The fraction of sp³-hybridized carbons (Fsp3) is 0.471. The van der Waals surface area contributed by atoms with Crippen LogP contribution in [0.25, 0.3) is 11.0 Å². The number of ketones is 1. The summed E-state index contributed by atoms with van der Waals surface area (Å²) >= 11 is 0. The molecule has 110 valence electrons. The summed E-state index contributed by atoms with van der Waals surface area (Å²) in [5, 5.41) is 1.09. The van der Waals surface area contributed by atoms with Gasteiger partial charge in [-0.15, -0.1) is 0 Å². The molecule has 0 aliphatic heterocycles. The molecule has 2 aromatic rings. The second kappa shape index (κ2) is 6.31. The predicted molar refractivity (Wildman–Crippen MR) is 81.0 cm³/mol. The lowest BCUT2D eigenvalue weighted by Crippen LogP contribution is -2.32. The molecule has 1 aliphatic rings. The van der Waals surface area contributed by atoms with Gasteiger partial charge in [-0.1, -0.05) is 0 Å². The topological polar surface area (TPSA) is 52.1 Å². The summed E-state index contributed by atoms with van der Waals surface area (Å²) in [6.45, 7) is 1.82. The molecule has 0 spiro atoms. The number of nitrogens with zero attached hydrogens (tertiary/aromatic N) is 2. The molecule has 21 heavy (non-hydrogen) atoms. The van der Waals surface area contributed by atoms with Crippen LogP contribution in [0.5, 0.6) is 0 Å². The second-order valence-corrected chi connectivity index (χ2v) is 5.86. The van der Waals surface area contributed by atoms with Crippen LogP contribution in [-0.2, 0) is 16.0 Å². The van der Waals surface area contributed by atoms with E-state index in [0.717, 1.165) is 42.4 Å². The van der Waals surface area contributed by atoms with Gasteiger partial charge >= 0.3 is 0 Å². The molecule has 0 amide bonds. The number of aromatic nitrogens is 2. The van der Waals surface area contributed by atoms with E-state index in [2.05, 4.69) is 22.1 Å². The third-order valence-corrected chi connectivity index (χ3v) is 4.05. The van der Waals surface area contributed by atoms with Gasteiger partial charge in [-0.05, 0) is 62.8 Å². The van der Waals surface area contributed by atoms with Gasteiger partial charge in [0.15, 0.2) is 11.4 Å². The average molecular weight is 284 g/mol. The lowest BCUT2D eigenvalue weighted by atomic mass is 9.79. The normalized spacial score (nSPS) is 21.2. The average Bonchev–Trinajstić information content (AvgIpc) is 2.44. The molecule has 4 nitrogen and oxygen atoms in total. The molecule has 0 atom stereocenters. The van der Waals surface area contributed by atoms with Crippen molar-refractivity contribution in [2.24, 2.45) is 5.92 Å². The number of hydrogen-bond donors (Lipinski definition) is 0. The first kappa shape index (κ1) is 14.1. The van der Waals surface area contributed by atoms with Gasteiger partial charge in [-0.2, -0.15) is 0 Å². The maximum absolute atomic E-state index is 10.8. The van der Waals surface area contributed by atoms with Crippen molar-refractivity contribution in [3.8, 4) is 0 Å². The molecule has 2 heterocycles. The maximum Gasteiger partial charge on any atom is 0.159 e. The molecule has 1 saturated carbocycles. The van der Waals surface area contributed by atoms with Crippen LogP contribution in [0.15, 0.2) is 30.5 Å². The van der Waals surface area contributed by atoms with Gasteiger partial charge in [-0.3, -0.25) is 4.79 Å². The first-order chi connectivity index (χ1) is 10.2. The first-order valence-electron chi connectivity index (χ1n) is 7.52. The summed E-state index contributed by atoms with van der Waals surface area (Å²) in [6.07, 6.45) is 6.31. The second-order valence-electron chi connectivity index (χ2n) is 5.86. The van der Waals surface area contributed by atoms with Crippen LogP contribution in [0, 0.1) is 5.92 Å². The molecule has 1 fully saturated rings. The Morgan fingerprint density at radius 3 is 3.00 bits per heavy atom. The van der Waals surface area contributed by atoms with Crippen LogP contribution in [-0.4, -0.2) is 28.5 Å². The molecule has 0 radical (unpaired) electrons. The zero-order valence-corrected chi connectivity index (χ0v) is 12.3. The molecule has 0 N–H and O–H groups in total. The number of pyridine rings is 2. The minimum atomic E-state index is 0.103. The summed E-state index contributed by atoms with van der Waals surface area (Å²) in [5.41, 5.74) is 1.93. The first-order valence-corrected chi connectivity index (χ1v) is 7.52. The van der Waals surface area contributed by atoms with E-state index in [1.54, 1.807) is 13.1 Å². The highest BCUT2D eigenvalue weighted by Crippen LogP contribution is 2.33. The molecular formula is C17H20N2O2. The van der Waals surface area contributed by atoms with Crippen molar-refractivity contribution in [1.29, 1.82) is 0 Å². The Kier molecular flexibility index (Phi) is 4.25. The van der Waals surface area contributed by atoms with Crippen LogP contribution < -0.4 is 0 Å². The van der Waals surface area contributed by atoms with E-state index in [-0.39, 0.29) is 18.5 Å². The van der Waals surface area contributed by atoms with Crippen LogP contribution in [0.4, 0.5) is 0 Å². The van der Waals surface area contributed by atoms with Crippen molar-refractivity contribution in [3.05, 3.63) is 36.2 Å². The number of carbonyl (C=O) groups excluding carboxylic acids is 1. The number of rotatable bonds is 6. The maximum atomic E-state index is 10.8. The molecule has 4 heteroatoms. The van der Waals surface area contributed by atoms with Gasteiger partial charge in [0.2, 0.25) is 0 Å². The number of carbonyl (C=O) groups is 1. The monoisotopic (exact) mass is 284 g/mol. The highest BCUT2D eigenvalue weighted by Gasteiger charge is 2.29. The van der Waals surface area contributed by atoms with Gasteiger partial charge in [0.05, 0.1) is 6.10 Å². The number of fused-ring (bicyclic) bond motifs is 1. The van der Waals surface area contributed by atoms with E-state index in [4.69, 9.17) is 4.74 Å². The highest BCUT2D eigenvalue weighted by molar-refractivity contribution is 5.76. The van der Waals surface area contributed by atoms with Gasteiger partial charge in [0.1, 0.15) is 6.61 Å². The lowest BCUT2D eigenvalue weighted by Gasteiger charge is -2.34. The summed E-state index contributed by atoms with van der Waals surface area (Å²) in [4.78, 5) is 19.7. The highest BCUT2D eigenvalue weighted by atomic mass is 16.5. The molecule has 0 unspecified atom stereocenters. The summed E-state index contributed by atoms with van der Waals surface area (Å²) in [5.74, 6) is 0.800. The number of ether oxygens (including phenoxy) is 1. The summed E-state index contributed by atoms with van der Waals surface area (Å²) in [7, 11) is 0. The van der Waals surface area contributed by atoms with Crippen molar-refractivity contribution < 1.29 is 9.53 Å². The standard InChI is InChI=1S/C17H20N2O2/c1-12(20)11-21-16-9-13(10-16)4-6-15-7-5-14-3-2-8-18-17(14)19-15/h2-3,5,7-8,13,16H,4,6,9-11H2,1H3/t13-,16-. The third-order valence-electron chi connectivity index (χ3n) is 4.05. The van der Waals surface area contributed by atoms with Crippen LogP contribution in [0.3, 0.4) is 0 Å². The van der Waals surface area contributed by atoms with E-state index in [1.165, 1.54) is 0 Å². The van der Waals surface area contributed by atoms with Gasteiger partial charge in [0.25, 0.3) is 0 Å². The minimum Gasteiger partial charge on any atom is -0.370 e. The zero-order valence-electron chi connectivity index (χ0n) is 12.3. The van der Waals surface area contributed by atoms with Crippen molar-refractivity contribution in [3.63, 3.8) is 0 Å². The Hall–Kier alpha value is -1.81. The van der Waals surface area contributed by atoms with Gasteiger partial charge in [-0.25, -0.2) is 9.97 Å². The largest absolute Gasteiger partial charge is 0.370 e. The van der Waals surface area contributed by atoms with E-state index < -0.39 is 0 Å². The quantitative estimate of drug-likeness (QED) is 0.818. The van der Waals surface area contributed by atoms with Gasteiger partial charge < -0.3 is 4.74 Å². The summed E-state index contributed by atoms with van der Waals surface area (Å²) < 4.78 is 5.50. The van der Waals surface area contributed by atoms with Gasteiger partial charge in [0, 0.05) is 17.3 Å². The van der Waals surface area contributed by atoms with Crippen LogP contribution in [0.2, 0.25) is 0 Å². The Morgan fingerprint density at radius 2 is 2.19 bits per heavy atom. The Morgan fingerprint density at radius 1 is 1.33 bits per heavy atom. The van der Waals surface area contributed by atoms with Crippen molar-refractivity contribution in [2.45, 2.75) is 38.7 Å². The lowest BCUT2D eigenvalue weighted by molar-refractivity contribution is -0.126. The Bertz CT molecular complexity index is 635. The smallest absolute Gasteiger partial charge is 0.159 e. The fourth-order valence-corrected chi connectivity index (χ4v) is 2.76. The van der Waals surface area contributed by atoms with Crippen LogP contribution in [0.1, 0.15) is 31.9 Å². The molecule has 0 bridgehead atoms. The van der Waals surface area contributed by atoms with Crippen molar-refractivity contribution in [1.82, 2.24) is 9.97 Å². The molecule has 0 saturated heterocycles. The van der Waals surface area contributed by atoms with E-state index in [9.17, 15) is 4.79 Å². The SMILES string of the molecule is CC(=O)CO[C@H]1C[C@H](CCc2ccc3cccnc3n2)C1. The molecule has 2 aromatic heterocycles. The number of aryl methyl sites for hydroxylation is 1. The molecule has 3 rings (SSSR count). The molecule has 1 aliphatic carbocycles. The van der Waals surface area contributed by atoms with Crippen LogP contribution >= 0.6 is 0 Å². The minimum absolute atomic E-state index is 0.103. The zero-order chi connectivity index (χ0) is 14.7. The number of Topliss-reactive ketones (excluding diaryl/α,β-unsaturated/α-hetero) is 1. The summed E-state index contributed by atoms with van der Waals surface area (Å²) in [6, 6.07) is 8.14. The predicted octanol–water partition coefficient (Wildman–Crippen LogP) is 2.95. The van der Waals surface area contributed by atoms with E-state index in [0.29, 0.717) is 5.92 Å². The Balaban J connectivity index is 1.46. The third kappa shape index (κ3) is 3.64. The fourth-order valence-electron chi connectivity index (χ4n) is 2.76. The molecule has 0 aromatic carbocycles. The van der Waals surface area contributed by atoms with Crippen molar-refractivity contribution in [2.75, 3.05) is 6.61 Å². The Labute approximate surface area is 124 Å². The molecular weight excluding hydrogens is 264 g/mol. The van der Waals surface area contributed by atoms with E-state index in [1.807, 2.05) is 12.1 Å². The van der Waals surface area contributed by atoms with E-state index >= 15 is 0 Å². The number of hydrogen-bond acceptors (Lipinski definition) is 4.